The second-order valence-corrected chi connectivity index (χ2v) is 6.24. The number of aliphatic carboxylic acids is 1. The van der Waals surface area contributed by atoms with E-state index >= 15 is 0 Å². The molecule has 0 aliphatic carbocycles. The van der Waals surface area contributed by atoms with Crippen LogP contribution in [0.1, 0.15) is 18.4 Å². The number of carbonyl (C=O) groups is 4. The molecule has 0 bridgehead atoms. The number of amides is 2. The lowest BCUT2D eigenvalue weighted by atomic mass is 10.1. The highest BCUT2D eigenvalue weighted by molar-refractivity contribution is 5.91. The third-order valence-electron chi connectivity index (χ3n) is 3.95. The maximum atomic E-state index is 12.1. The molecule has 29 heavy (non-hydrogen) atoms. The molecule has 0 saturated carbocycles. The lowest BCUT2D eigenvalue weighted by Crippen LogP contribution is -2.52. The van der Waals surface area contributed by atoms with Crippen molar-refractivity contribution in [2.45, 2.75) is 12.8 Å². The number of benzene rings is 1. The smallest absolute Gasteiger partial charge is 0.397 e. The molecular weight excluding hydrogens is 386 g/mol. The zero-order valence-corrected chi connectivity index (χ0v) is 15.1. The fourth-order valence-corrected chi connectivity index (χ4v) is 2.60. The SMILES string of the molecule is N#CC(=Cc1ccc(O)cc1)CN(CC(=O)O)CC(=O)O[N+]1(O)C(=O)CCC1=O. The first-order valence-corrected chi connectivity index (χ1v) is 8.39. The van der Waals surface area contributed by atoms with E-state index in [0.717, 1.165) is 4.90 Å². The quantitative estimate of drug-likeness (QED) is 0.236. The molecule has 2 amide bonds. The zero-order chi connectivity index (χ0) is 21.6. The molecule has 1 aromatic carbocycles. The van der Waals surface area contributed by atoms with Crippen LogP contribution < -0.4 is 0 Å². The lowest BCUT2D eigenvalue weighted by molar-refractivity contribution is -1.12. The molecule has 152 valence electrons. The molecule has 0 radical (unpaired) electrons. The number of hydroxylamine groups is 4. The summed E-state index contributed by atoms with van der Waals surface area (Å²) in [5, 5.41) is 37.5. The number of carbonyl (C=O) groups excluding carboxylic acids is 3. The largest absolute Gasteiger partial charge is 0.508 e. The second kappa shape index (κ2) is 9.07. The summed E-state index contributed by atoms with van der Waals surface area (Å²) in [7, 11) is 0. The Morgan fingerprint density at radius 1 is 1.14 bits per heavy atom. The van der Waals surface area contributed by atoms with Gasteiger partial charge < -0.3 is 10.2 Å². The first-order valence-electron chi connectivity index (χ1n) is 8.39. The molecule has 0 aromatic heterocycles. The van der Waals surface area contributed by atoms with Gasteiger partial charge in [-0.3, -0.25) is 9.69 Å². The molecule has 1 aromatic rings. The Bertz CT molecular complexity index is 885. The zero-order valence-electron chi connectivity index (χ0n) is 15.1. The minimum absolute atomic E-state index is 0.0305. The molecular formula is C18H18N3O8+. The van der Waals surface area contributed by atoms with Crippen molar-refractivity contribution in [1.82, 2.24) is 4.90 Å². The standard InChI is InChI=1S/C18H17N3O8/c19-8-13(7-12-1-3-14(22)4-2-12)9-20(10-17(25)26)11-18(27)29-21(28)15(23)5-6-16(21)24/h1-4,7,28H,5-6,9-11H2,(H-,22,25,26)/p+1. The summed E-state index contributed by atoms with van der Waals surface area (Å²) < 4.78 is 0. The number of aromatic hydroxyl groups is 1. The molecule has 1 heterocycles. The van der Waals surface area contributed by atoms with Crippen LogP contribution in [-0.2, 0) is 24.0 Å². The average molecular weight is 404 g/mol. The summed E-state index contributed by atoms with van der Waals surface area (Å²) in [6, 6.07) is 7.76. The summed E-state index contributed by atoms with van der Waals surface area (Å²) >= 11 is 0. The van der Waals surface area contributed by atoms with Crippen LogP contribution in [0, 0.1) is 11.3 Å². The van der Waals surface area contributed by atoms with E-state index in [9.17, 15) is 34.8 Å². The number of hydrogen-bond donors (Lipinski definition) is 3. The van der Waals surface area contributed by atoms with E-state index in [1.54, 1.807) is 0 Å². The van der Waals surface area contributed by atoms with E-state index in [0.29, 0.717) is 5.56 Å². The minimum Gasteiger partial charge on any atom is -0.508 e. The van der Waals surface area contributed by atoms with Crippen LogP contribution in [-0.4, -0.2) is 68.5 Å². The van der Waals surface area contributed by atoms with E-state index < -0.39 is 41.7 Å². The number of hydrogen-bond acceptors (Lipinski definition) is 9. The van der Waals surface area contributed by atoms with Gasteiger partial charge in [0.15, 0.2) is 0 Å². The fourth-order valence-electron chi connectivity index (χ4n) is 2.60. The molecule has 0 spiro atoms. The third-order valence-corrected chi connectivity index (χ3v) is 3.95. The monoisotopic (exact) mass is 404 g/mol. The summed E-state index contributed by atoms with van der Waals surface area (Å²) in [5.41, 5.74) is 0.663. The molecule has 1 aliphatic heterocycles. The molecule has 1 aliphatic rings. The Balaban J connectivity index is 2.11. The highest BCUT2D eigenvalue weighted by Crippen LogP contribution is 2.21. The van der Waals surface area contributed by atoms with Crippen molar-refractivity contribution in [3.05, 3.63) is 35.4 Å². The van der Waals surface area contributed by atoms with E-state index in [1.807, 2.05) is 6.07 Å². The number of phenols is 1. The Morgan fingerprint density at radius 2 is 1.72 bits per heavy atom. The molecule has 0 atom stereocenters. The lowest BCUT2D eigenvalue weighted by Gasteiger charge is -2.20. The van der Waals surface area contributed by atoms with E-state index in [-0.39, 0.29) is 30.7 Å². The molecule has 0 unspecified atom stereocenters. The second-order valence-electron chi connectivity index (χ2n) is 6.24. The Labute approximate surface area is 164 Å². The van der Waals surface area contributed by atoms with E-state index in [1.165, 1.54) is 30.3 Å². The number of rotatable bonds is 8. The summed E-state index contributed by atoms with van der Waals surface area (Å²) in [4.78, 5) is 49.9. The van der Waals surface area contributed by atoms with Crippen LogP contribution in [0.15, 0.2) is 29.8 Å². The number of carboxylic acids is 1. The highest BCUT2D eigenvalue weighted by Gasteiger charge is 2.55. The van der Waals surface area contributed by atoms with Gasteiger partial charge in [-0.15, -0.1) is 0 Å². The number of imide groups is 1. The molecule has 11 nitrogen and oxygen atoms in total. The topological polar surface area (TPSA) is 165 Å². The fraction of sp³-hybridized carbons (Fsp3) is 0.278. The maximum Gasteiger partial charge on any atom is 0.397 e. The van der Waals surface area contributed by atoms with E-state index in [4.69, 9.17) is 5.11 Å². The van der Waals surface area contributed by atoms with Crippen LogP contribution in [0.4, 0.5) is 0 Å². The minimum atomic E-state index is -2.10. The molecule has 3 N–H and O–H groups in total. The van der Waals surface area contributed by atoms with Gasteiger partial charge >= 0.3 is 23.8 Å². The van der Waals surface area contributed by atoms with Gasteiger partial charge in [0.1, 0.15) is 17.1 Å². The molecule has 11 heteroatoms. The number of nitriles is 1. The van der Waals surface area contributed by atoms with Crippen LogP contribution >= 0.6 is 0 Å². The van der Waals surface area contributed by atoms with Crippen molar-refractivity contribution in [1.29, 1.82) is 5.26 Å². The predicted molar refractivity (Wildman–Crippen MR) is 93.2 cm³/mol. The van der Waals surface area contributed by atoms with Crippen molar-refractivity contribution < 1.29 is 44.2 Å². The molecule has 1 saturated heterocycles. The van der Waals surface area contributed by atoms with Gasteiger partial charge in [-0.05, 0) is 23.8 Å². The highest BCUT2D eigenvalue weighted by atomic mass is 17.0. The number of carboxylic acid groups (broad SMARTS) is 1. The van der Waals surface area contributed by atoms with Gasteiger partial charge in [0.05, 0.1) is 25.5 Å². The summed E-state index contributed by atoms with van der Waals surface area (Å²) in [6.45, 7) is -1.59. The van der Waals surface area contributed by atoms with Crippen molar-refractivity contribution in [2.75, 3.05) is 19.6 Å². The Kier molecular flexibility index (Phi) is 6.79. The van der Waals surface area contributed by atoms with Crippen LogP contribution in [0.2, 0.25) is 0 Å². The van der Waals surface area contributed by atoms with E-state index in [2.05, 4.69) is 4.84 Å². The predicted octanol–water partition coefficient (Wildman–Crippen LogP) is 0.197. The van der Waals surface area contributed by atoms with Crippen molar-refractivity contribution in [3.8, 4) is 11.8 Å². The number of phenolic OH excluding ortho intramolecular Hbond substituents is 1. The van der Waals surface area contributed by atoms with Crippen molar-refractivity contribution in [2.24, 2.45) is 0 Å². The first kappa shape index (κ1) is 21.7. The number of quaternary nitrogens is 1. The third kappa shape index (κ3) is 5.69. The normalized spacial score (nSPS) is 16.0. The number of nitrogens with zero attached hydrogens (tertiary/aromatic N) is 3. The molecule has 2 rings (SSSR count). The van der Waals surface area contributed by atoms with Crippen LogP contribution in [0.5, 0.6) is 5.75 Å². The van der Waals surface area contributed by atoms with Crippen LogP contribution in [0.25, 0.3) is 6.08 Å². The average Bonchev–Trinajstić information content (AvgIpc) is 2.89. The Morgan fingerprint density at radius 3 is 2.24 bits per heavy atom. The van der Waals surface area contributed by atoms with Gasteiger partial charge in [-0.2, -0.15) is 10.5 Å². The molecule has 1 fully saturated rings. The van der Waals surface area contributed by atoms with Gasteiger partial charge in [-0.25, -0.2) is 19.2 Å². The van der Waals surface area contributed by atoms with Crippen molar-refractivity contribution in [3.63, 3.8) is 0 Å². The van der Waals surface area contributed by atoms with Gasteiger partial charge in [0.2, 0.25) is 0 Å². The van der Waals surface area contributed by atoms with Gasteiger partial charge in [0, 0.05) is 12.1 Å². The summed E-state index contributed by atoms with van der Waals surface area (Å²) in [5.74, 6) is -4.47. The van der Waals surface area contributed by atoms with Gasteiger partial charge in [-0.1, -0.05) is 12.1 Å². The first-order chi connectivity index (χ1) is 13.6. The summed E-state index contributed by atoms with van der Waals surface area (Å²) in [6.07, 6.45) is 0.873. The van der Waals surface area contributed by atoms with Crippen molar-refractivity contribution >= 4 is 29.8 Å². The Hall–Kier alpha value is -3.59. The van der Waals surface area contributed by atoms with Crippen LogP contribution in [0.3, 0.4) is 0 Å². The van der Waals surface area contributed by atoms with Gasteiger partial charge in [0.25, 0.3) is 0 Å². The maximum absolute atomic E-state index is 12.1.